The molecule has 31 heavy (non-hydrogen) atoms. The molecule has 0 bridgehead atoms. The summed E-state index contributed by atoms with van der Waals surface area (Å²) in [5.41, 5.74) is 10.8. The maximum atomic E-state index is 12.3. The van der Waals surface area contributed by atoms with Crippen molar-refractivity contribution >= 4 is 34.9 Å². The van der Waals surface area contributed by atoms with Crippen molar-refractivity contribution in [1.29, 1.82) is 0 Å². The lowest BCUT2D eigenvalue weighted by molar-refractivity contribution is -0.111. The van der Waals surface area contributed by atoms with Gasteiger partial charge in [-0.05, 0) is 65.7 Å². The third-order valence-corrected chi connectivity index (χ3v) is 4.52. The number of aromatic nitrogens is 2. The second-order valence-corrected chi connectivity index (χ2v) is 6.81. The van der Waals surface area contributed by atoms with Gasteiger partial charge < -0.3 is 16.4 Å². The van der Waals surface area contributed by atoms with E-state index in [-0.39, 0.29) is 5.91 Å². The maximum Gasteiger partial charge on any atom is 0.248 e. The van der Waals surface area contributed by atoms with Gasteiger partial charge in [0, 0.05) is 29.8 Å². The van der Waals surface area contributed by atoms with Gasteiger partial charge in [0.25, 0.3) is 0 Å². The predicted octanol–water partition coefficient (Wildman–Crippen LogP) is 5.12. The highest BCUT2D eigenvalue weighted by Gasteiger charge is 2.05. The number of benzene rings is 2. The van der Waals surface area contributed by atoms with Crippen molar-refractivity contribution in [2.75, 3.05) is 16.4 Å². The summed E-state index contributed by atoms with van der Waals surface area (Å²) in [6.45, 7) is 0. The van der Waals surface area contributed by atoms with Crippen LogP contribution < -0.4 is 16.4 Å². The summed E-state index contributed by atoms with van der Waals surface area (Å²) in [5, 5.41) is 6.13. The highest BCUT2D eigenvalue weighted by molar-refractivity contribution is 6.02. The predicted molar refractivity (Wildman–Crippen MR) is 126 cm³/mol. The summed E-state index contributed by atoms with van der Waals surface area (Å²) in [7, 11) is 0. The molecular formula is C25H21N5O. The van der Waals surface area contributed by atoms with E-state index in [0.29, 0.717) is 17.2 Å². The minimum atomic E-state index is -0.219. The van der Waals surface area contributed by atoms with Crippen LogP contribution in [0.1, 0.15) is 5.69 Å². The molecular weight excluding hydrogens is 386 g/mol. The largest absolute Gasteiger partial charge is 0.396 e. The third kappa shape index (κ3) is 5.33. The number of pyridine rings is 2. The molecule has 2 aromatic heterocycles. The Morgan fingerprint density at radius 3 is 2.29 bits per heavy atom. The van der Waals surface area contributed by atoms with Crippen molar-refractivity contribution in [1.82, 2.24) is 9.97 Å². The molecule has 0 radical (unpaired) electrons. The van der Waals surface area contributed by atoms with E-state index in [2.05, 4.69) is 20.6 Å². The van der Waals surface area contributed by atoms with E-state index in [9.17, 15) is 4.79 Å². The molecule has 0 aliphatic carbocycles. The Bertz CT molecular complexity index is 1220. The molecule has 6 nitrogen and oxygen atoms in total. The van der Waals surface area contributed by atoms with Crippen LogP contribution in [0.5, 0.6) is 0 Å². The molecule has 0 aliphatic rings. The molecule has 0 saturated carbocycles. The van der Waals surface area contributed by atoms with Gasteiger partial charge in [-0.1, -0.05) is 30.3 Å². The van der Waals surface area contributed by atoms with Crippen LogP contribution in [0.2, 0.25) is 0 Å². The van der Waals surface area contributed by atoms with Gasteiger partial charge in [0.15, 0.2) is 5.82 Å². The van der Waals surface area contributed by atoms with E-state index in [1.165, 1.54) is 6.08 Å². The second kappa shape index (κ2) is 9.37. The Morgan fingerprint density at radius 1 is 0.806 bits per heavy atom. The summed E-state index contributed by atoms with van der Waals surface area (Å²) >= 11 is 0. The van der Waals surface area contributed by atoms with Crippen LogP contribution in [0.25, 0.3) is 17.2 Å². The lowest BCUT2D eigenvalue weighted by Crippen LogP contribution is -2.07. The lowest BCUT2D eigenvalue weighted by atomic mass is 10.0. The minimum absolute atomic E-state index is 0.219. The van der Waals surface area contributed by atoms with Crippen LogP contribution in [0.3, 0.4) is 0 Å². The van der Waals surface area contributed by atoms with Gasteiger partial charge in [-0.2, -0.15) is 0 Å². The first-order chi connectivity index (χ1) is 15.2. The lowest BCUT2D eigenvalue weighted by Gasteiger charge is -2.10. The zero-order valence-corrected chi connectivity index (χ0v) is 16.7. The van der Waals surface area contributed by atoms with Crippen molar-refractivity contribution in [3.63, 3.8) is 0 Å². The molecule has 0 fully saturated rings. The first-order valence-electron chi connectivity index (χ1n) is 9.75. The number of nitrogen functional groups attached to an aromatic ring is 1. The van der Waals surface area contributed by atoms with Crippen molar-refractivity contribution in [3.8, 4) is 11.1 Å². The van der Waals surface area contributed by atoms with E-state index >= 15 is 0 Å². The van der Waals surface area contributed by atoms with E-state index in [1.54, 1.807) is 30.6 Å². The Kier molecular flexibility index (Phi) is 6.00. The number of hydrogen-bond donors (Lipinski definition) is 3. The van der Waals surface area contributed by atoms with Gasteiger partial charge in [0.1, 0.15) is 0 Å². The molecule has 152 valence electrons. The summed E-state index contributed by atoms with van der Waals surface area (Å²) in [5.74, 6) is 0.393. The van der Waals surface area contributed by atoms with Crippen molar-refractivity contribution < 1.29 is 4.79 Å². The average Bonchev–Trinajstić information content (AvgIpc) is 2.80. The molecule has 2 aromatic carbocycles. The number of nitrogens with zero attached hydrogens (tertiary/aromatic N) is 2. The van der Waals surface area contributed by atoms with E-state index in [0.717, 1.165) is 22.5 Å². The average molecular weight is 407 g/mol. The van der Waals surface area contributed by atoms with Crippen LogP contribution in [0.4, 0.5) is 22.9 Å². The number of nitrogens with one attached hydrogen (secondary N) is 2. The topological polar surface area (TPSA) is 92.9 Å². The van der Waals surface area contributed by atoms with Crippen molar-refractivity contribution in [2.45, 2.75) is 0 Å². The zero-order valence-electron chi connectivity index (χ0n) is 16.7. The molecule has 0 spiro atoms. The van der Waals surface area contributed by atoms with Crippen molar-refractivity contribution in [3.05, 3.63) is 103 Å². The fourth-order valence-electron chi connectivity index (χ4n) is 3.03. The zero-order chi connectivity index (χ0) is 21.5. The summed E-state index contributed by atoms with van der Waals surface area (Å²) in [6.07, 6.45) is 6.53. The quantitative estimate of drug-likeness (QED) is 0.386. The number of carbonyl (C=O) groups excluding carboxylic acids is 1. The van der Waals surface area contributed by atoms with Gasteiger partial charge in [-0.25, -0.2) is 4.98 Å². The highest BCUT2D eigenvalue weighted by atomic mass is 16.1. The van der Waals surface area contributed by atoms with Gasteiger partial charge in [0.2, 0.25) is 5.91 Å². The summed E-state index contributed by atoms with van der Waals surface area (Å²) in [4.78, 5) is 20.7. The van der Waals surface area contributed by atoms with Gasteiger partial charge in [-0.15, -0.1) is 0 Å². The smallest absolute Gasteiger partial charge is 0.248 e. The number of hydrogen-bond acceptors (Lipinski definition) is 5. The number of rotatable bonds is 6. The second-order valence-electron chi connectivity index (χ2n) is 6.81. The number of amides is 1. The first kappa shape index (κ1) is 19.8. The molecule has 0 atom stereocenters. The Hall–Kier alpha value is -4.45. The SMILES string of the molecule is Nc1cccnc1Nc1cccc(-c2cccc(NC(=O)C=Cc3ccccn3)c2)c1. The van der Waals surface area contributed by atoms with Crippen LogP contribution in [-0.2, 0) is 4.79 Å². The maximum absolute atomic E-state index is 12.3. The Morgan fingerprint density at radius 2 is 1.55 bits per heavy atom. The summed E-state index contributed by atoms with van der Waals surface area (Å²) in [6, 6.07) is 24.7. The molecule has 0 aliphatic heterocycles. The van der Waals surface area contributed by atoms with Crippen LogP contribution in [-0.4, -0.2) is 15.9 Å². The van der Waals surface area contributed by atoms with E-state index < -0.39 is 0 Å². The molecule has 0 saturated heterocycles. The third-order valence-electron chi connectivity index (χ3n) is 4.52. The Balaban J connectivity index is 1.48. The van der Waals surface area contributed by atoms with Crippen LogP contribution in [0.15, 0.2) is 97.3 Å². The molecule has 1 amide bonds. The van der Waals surface area contributed by atoms with Gasteiger partial charge >= 0.3 is 0 Å². The molecule has 4 N–H and O–H groups in total. The van der Waals surface area contributed by atoms with Crippen LogP contribution in [0, 0.1) is 0 Å². The number of anilines is 4. The summed E-state index contributed by atoms with van der Waals surface area (Å²) < 4.78 is 0. The standard InChI is InChI=1S/C25H21N5O/c26-23-11-5-15-28-25(23)30-22-10-4-7-19(17-22)18-6-3-9-21(16-18)29-24(31)13-12-20-8-1-2-14-27-20/h1-17H,26H2,(H,28,30)(H,29,31). The molecule has 2 heterocycles. The fraction of sp³-hybridized carbons (Fsp3) is 0. The number of nitrogens with two attached hydrogens (primary N) is 1. The van der Waals surface area contributed by atoms with Crippen molar-refractivity contribution in [2.24, 2.45) is 0 Å². The minimum Gasteiger partial charge on any atom is -0.396 e. The molecule has 0 unspecified atom stereocenters. The Labute approximate surface area is 180 Å². The molecule has 4 rings (SSSR count). The fourth-order valence-corrected chi connectivity index (χ4v) is 3.03. The van der Waals surface area contributed by atoms with E-state index in [1.807, 2.05) is 66.7 Å². The molecule has 4 aromatic rings. The highest BCUT2D eigenvalue weighted by Crippen LogP contribution is 2.27. The molecule has 6 heteroatoms. The monoisotopic (exact) mass is 407 g/mol. The van der Waals surface area contributed by atoms with Gasteiger partial charge in [-0.3, -0.25) is 9.78 Å². The van der Waals surface area contributed by atoms with Crippen LogP contribution >= 0.6 is 0 Å². The van der Waals surface area contributed by atoms with E-state index in [4.69, 9.17) is 5.73 Å². The number of carbonyl (C=O) groups is 1. The van der Waals surface area contributed by atoms with Gasteiger partial charge in [0.05, 0.1) is 11.4 Å². The first-order valence-corrected chi connectivity index (χ1v) is 9.75. The normalized spacial score (nSPS) is 10.7.